The smallest absolute Gasteiger partial charge is 0.350 e. The van der Waals surface area contributed by atoms with Gasteiger partial charge in [-0.2, -0.15) is 0 Å². The van der Waals surface area contributed by atoms with Crippen molar-refractivity contribution < 1.29 is 63.6 Å². The Hall–Kier alpha value is -5.88. The Labute approximate surface area is 334 Å². The maximum atomic E-state index is 13.6. The summed E-state index contributed by atoms with van der Waals surface area (Å²) in [5.41, 5.74) is 5.61. The molecule has 3 atom stereocenters. The molecule has 0 radical (unpaired) electrons. The van der Waals surface area contributed by atoms with Crippen LogP contribution in [-0.4, -0.2) is 165 Å². The predicted octanol–water partition coefficient (Wildman–Crippen LogP) is 0.0345. The zero-order valence-corrected chi connectivity index (χ0v) is 32.3. The third kappa shape index (κ3) is 7.41. The molecule has 57 heavy (non-hydrogen) atoms. The van der Waals surface area contributed by atoms with Crippen LogP contribution in [0.15, 0.2) is 22.7 Å². The standard InChI is InChI=1S/C32H34ClN9O13S2/c1-31(2,26(49)50)55-37-20(16-12-56-28(34)35-16)18(44)11-15-23(47)40-13-32(27(51)52,57-25(15)40)41-9-10-42(30(41)54)36-29(53)39-7-5-38(6-8-39)24(48)21(45)14-3-4-17(43)22(46)19(14)33/h3-4,12,15,25,43,46H,5-11,13H2,1-2H3,(H2,34,35)(H,36,53)(H,49,50)(H,51,52)/b37-20-/t15-,25-,32-/m1/s1. The van der Waals surface area contributed by atoms with Crippen molar-refractivity contribution in [2.24, 2.45) is 11.1 Å². The van der Waals surface area contributed by atoms with Gasteiger partial charge in [0.2, 0.25) is 16.4 Å². The monoisotopic (exact) mass is 851 g/mol. The number of hydrazine groups is 1. The number of carbonyl (C=O) groups is 8. The second-order valence-electron chi connectivity index (χ2n) is 13.6. The molecule has 6 rings (SSSR count). The van der Waals surface area contributed by atoms with Crippen molar-refractivity contribution in [2.75, 3.05) is 51.5 Å². The van der Waals surface area contributed by atoms with Crippen LogP contribution in [0, 0.1) is 5.92 Å². The zero-order valence-electron chi connectivity index (χ0n) is 29.9. The van der Waals surface area contributed by atoms with Crippen molar-refractivity contribution in [3.8, 4) is 11.5 Å². The highest BCUT2D eigenvalue weighted by molar-refractivity contribution is 8.02. The normalized spacial score (nSPS) is 22.3. The van der Waals surface area contributed by atoms with Crippen LogP contribution in [-0.2, 0) is 28.8 Å². The number of thiazole rings is 1. The number of nitrogens with zero attached hydrogens (tertiary/aromatic N) is 7. The fourth-order valence-electron chi connectivity index (χ4n) is 6.34. The molecule has 0 bridgehead atoms. The number of urea groups is 2. The number of aromatic nitrogens is 1. The number of nitrogen functional groups attached to an aromatic ring is 1. The van der Waals surface area contributed by atoms with Gasteiger partial charge >= 0.3 is 24.0 Å². The van der Waals surface area contributed by atoms with Gasteiger partial charge in [0.15, 0.2) is 28.1 Å². The number of hydrogen-bond donors (Lipinski definition) is 6. The number of carbonyl (C=O) groups excluding carboxylic acids is 6. The molecule has 4 fully saturated rings. The summed E-state index contributed by atoms with van der Waals surface area (Å²) >= 11 is 7.70. The molecule has 0 saturated carbocycles. The summed E-state index contributed by atoms with van der Waals surface area (Å²) in [6, 6.07) is 0.484. The van der Waals surface area contributed by atoms with Crippen LogP contribution < -0.4 is 11.2 Å². The van der Waals surface area contributed by atoms with Crippen LogP contribution >= 0.6 is 34.7 Å². The molecular weight excluding hydrogens is 818 g/mol. The molecule has 0 unspecified atom stereocenters. The summed E-state index contributed by atoms with van der Waals surface area (Å²) in [5, 5.41) is 44.1. The molecule has 6 amide bonds. The largest absolute Gasteiger partial charge is 0.504 e. The van der Waals surface area contributed by atoms with E-state index in [1.165, 1.54) is 33.9 Å². The minimum absolute atomic E-state index is 0.0144. The lowest BCUT2D eigenvalue weighted by Gasteiger charge is -2.40. The Morgan fingerprint density at radius 1 is 1.05 bits per heavy atom. The summed E-state index contributed by atoms with van der Waals surface area (Å²) in [7, 11) is 0. The fourth-order valence-corrected chi connectivity index (χ4v) is 8.83. The number of nitrogens with two attached hydrogens (primary N) is 1. The van der Waals surface area contributed by atoms with E-state index in [1.807, 2.05) is 0 Å². The maximum absolute atomic E-state index is 13.6. The van der Waals surface area contributed by atoms with Gasteiger partial charge < -0.3 is 45.7 Å². The highest BCUT2D eigenvalue weighted by atomic mass is 35.5. The number of thioether (sulfide) groups is 1. The highest BCUT2D eigenvalue weighted by Crippen LogP contribution is 2.53. The number of ketones is 2. The molecule has 304 valence electrons. The number of piperazine rings is 1. The van der Waals surface area contributed by atoms with E-state index in [1.54, 1.807) is 0 Å². The number of anilines is 1. The van der Waals surface area contributed by atoms with Crippen LogP contribution in [0.2, 0.25) is 5.02 Å². The average molecular weight is 852 g/mol. The number of nitrogens with one attached hydrogen (secondary N) is 1. The number of oxime groups is 1. The van der Waals surface area contributed by atoms with Gasteiger partial charge in [0.05, 0.1) is 35.0 Å². The lowest BCUT2D eigenvalue weighted by atomic mass is 9.90. The van der Waals surface area contributed by atoms with Crippen LogP contribution in [0.5, 0.6) is 11.5 Å². The van der Waals surface area contributed by atoms with Crippen molar-refractivity contribution in [1.82, 2.24) is 35.0 Å². The van der Waals surface area contributed by atoms with E-state index < -0.39 is 104 Å². The maximum Gasteiger partial charge on any atom is 0.350 e. The first-order valence-corrected chi connectivity index (χ1v) is 19.1. The van der Waals surface area contributed by atoms with Crippen LogP contribution in [0.4, 0.5) is 14.7 Å². The Kier molecular flexibility index (Phi) is 10.9. The van der Waals surface area contributed by atoms with E-state index in [0.717, 1.165) is 45.1 Å². The van der Waals surface area contributed by atoms with Gasteiger partial charge in [0.25, 0.3) is 11.7 Å². The first-order chi connectivity index (χ1) is 26.8. The van der Waals surface area contributed by atoms with Gasteiger partial charge in [-0.1, -0.05) is 28.5 Å². The number of β-lactam (4-membered cyclic amide) rings is 1. The van der Waals surface area contributed by atoms with Gasteiger partial charge in [-0.3, -0.25) is 24.1 Å². The van der Waals surface area contributed by atoms with Gasteiger partial charge in [0.1, 0.15) is 5.69 Å². The molecular formula is C32H34ClN9O13S2. The Morgan fingerprint density at radius 2 is 1.72 bits per heavy atom. The molecule has 4 saturated heterocycles. The molecule has 4 aliphatic rings. The molecule has 7 N–H and O–H groups in total. The van der Waals surface area contributed by atoms with Crippen molar-refractivity contribution in [2.45, 2.75) is 36.1 Å². The van der Waals surface area contributed by atoms with Gasteiger partial charge in [-0.05, 0) is 26.0 Å². The number of phenols is 2. The first kappa shape index (κ1) is 40.8. The number of hydrogen-bond acceptors (Lipinski definition) is 16. The number of carboxylic acid groups (broad SMARTS) is 2. The SMILES string of the molecule is CC(C)(O/N=C(\C(=O)C[C@@H]1C(=O)N2C[C@@](C(=O)O)(N3CCN(NC(=O)N4CCN(C(=O)C(=O)c5ccc(O)c(O)c5Cl)CC4)C3=O)S[C@H]12)c1csc(N)n1)C(=O)O. The van der Waals surface area contributed by atoms with Gasteiger partial charge in [-0.25, -0.2) is 34.6 Å². The Balaban J connectivity index is 1.07. The summed E-state index contributed by atoms with van der Waals surface area (Å²) in [4.78, 5) is 116. The summed E-state index contributed by atoms with van der Waals surface area (Å²) in [5.74, 6) is -8.49. The minimum atomic E-state index is -1.99. The van der Waals surface area contributed by atoms with Crippen LogP contribution in [0.25, 0.3) is 0 Å². The summed E-state index contributed by atoms with van der Waals surface area (Å²) in [6.45, 7) is 1.46. The fraction of sp³-hybridized carbons (Fsp3) is 0.438. The molecule has 0 spiro atoms. The molecule has 1 aromatic heterocycles. The summed E-state index contributed by atoms with van der Waals surface area (Å²) in [6.07, 6.45) is -0.479. The molecule has 0 aliphatic carbocycles. The third-order valence-corrected chi connectivity index (χ3v) is 12.5. The van der Waals surface area contributed by atoms with E-state index in [4.69, 9.17) is 22.2 Å². The van der Waals surface area contributed by atoms with E-state index in [9.17, 15) is 58.8 Å². The second-order valence-corrected chi connectivity index (χ2v) is 16.3. The van der Waals surface area contributed by atoms with Gasteiger partial charge in [-0.15, -0.1) is 11.3 Å². The van der Waals surface area contributed by atoms with E-state index in [2.05, 4.69) is 15.6 Å². The Bertz CT molecular complexity index is 2120. The second kappa shape index (κ2) is 15.2. The topological polar surface area (TPSA) is 306 Å². The number of amides is 6. The number of aliphatic carboxylic acids is 2. The Morgan fingerprint density at radius 3 is 2.33 bits per heavy atom. The quantitative estimate of drug-likeness (QED) is 0.0410. The molecule has 1 aromatic carbocycles. The number of rotatable bonds is 12. The lowest BCUT2D eigenvalue weighted by Crippen LogP contribution is -2.60. The molecule has 2 aromatic rings. The number of benzene rings is 1. The highest BCUT2D eigenvalue weighted by Gasteiger charge is 2.66. The summed E-state index contributed by atoms with van der Waals surface area (Å²) < 4.78 is 0. The predicted molar refractivity (Wildman–Crippen MR) is 197 cm³/mol. The molecule has 5 heterocycles. The van der Waals surface area contributed by atoms with Crippen molar-refractivity contribution in [3.63, 3.8) is 0 Å². The number of halogens is 1. The van der Waals surface area contributed by atoms with Crippen LogP contribution in [0.1, 0.15) is 36.3 Å². The number of aromatic hydroxyl groups is 2. The van der Waals surface area contributed by atoms with E-state index in [0.29, 0.717) is 0 Å². The lowest BCUT2D eigenvalue weighted by molar-refractivity contribution is -0.161. The van der Waals surface area contributed by atoms with Gasteiger partial charge in [0, 0.05) is 44.5 Å². The number of phenolic OH excluding ortho intramolecular Hbond substituents is 2. The number of fused-ring (bicyclic) bond motifs is 1. The molecule has 25 heteroatoms. The van der Waals surface area contributed by atoms with Crippen LogP contribution in [0.3, 0.4) is 0 Å². The first-order valence-electron chi connectivity index (χ1n) is 16.9. The van der Waals surface area contributed by atoms with E-state index in [-0.39, 0.29) is 55.7 Å². The van der Waals surface area contributed by atoms with Crippen molar-refractivity contribution in [3.05, 3.63) is 33.8 Å². The van der Waals surface area contributed by atoms with Crippen molar-refractivity contribution >= 4 is 92.9 Å². The number of carboxylic acids is 2. The average Bonchev–Trinajstić information content (AvgIpc) is 3.88. The number of Topliss-reactive ketones (excluding diaryl/α,β-unsaturated/α-hetero) is 2. The minimum Gasteiger partial charge on any atom is -0.504 e. The zero-order chi connectivity index (χ0) is 41.7. The molecule has 4 aliphatic heterocycles. The van der Waals surface area contributed by atoms with E-state index >= 15 is 0 Å². The van der Waals surface area contributed by atoms with Crippen molar-refractivity contribution in [1.29, 1.82) is 0 Å². The third-order valence-electron chi connectivity index (χ3n) is 9.66. The molecule has 22 nitrogen and oxygen atoms in total.